The van der Waals surface area contributed by atoms with Crippen LogP contribution < -0.4 is 11.1 Å². The normalized spacial score (nSPS) is 33.6. The minimum atomic E-state index is -0.319. The van der Waals surface area contributed by atoms with Crippen molar-refractivity contribution < 1.29 is 15.3 Å². The zero-order valence-corrected chi connectivity index (χ0v) is 10.6. The van der Waals surface area contributed by atoms with Crippen LogP contribution in [0.25, 0.3) is 0 Å². The molecule has 2 aliphatic heterocycles. The smallest absolute Gasteiger partial charge is 0.245 e. The Kier molecular flexibility index (Phi) is 3.38. The fraction of sp³-hybridized carbons (Fsp3) is 0.833. The molecule has 5 nitrogen and oxygen atoms in total. The van der Waals surface area contributed by atoms with Gasteiger partial charge in [0.1, 0.15) is 12.1 Å². The van der Waals surface area contributed by atoms with Crippen LogP contribution in [0.15, 0.2) is 0 Å². The van der Waals surface area contributed by atoms with Crippen LogP contribution in [0.3, 0.4) is 0 Å². The van der Waals surface area contributed by atoms with Gasteiger partial charge in [0, 0.05) is 19.4 Å². The second-order valence-corrected chi connectivity index (χ2v) is 5.63. The third kappa shape index (κ3) is 2.44. The maximum atomic E-state index is 12.2. The number of piperazine rings is 1. The molecule has 0 bridgehead atoms. The van der Waals surface area contributed by atoms with Crippen molar-refractivity contribution >= 4 is 11.8 Å². The highest BCUT2D eigenvalue weighted by Gasteiger charge is 2.43. The van der Waals surface area contributed by atoms with E-state index in [9.17, 15) is 9.59 Å². The molecule has 2 heterocycles. The van der Waals surface area contributed by atoms with Crippen LogP contribution in [0.4, 0.5) is 0 Å². The molecule has 96 valence electrons. The number of piperidine rings is 1. The van der Waals surface area contributed by atoms with E-state index in [1.165, 1.54) is 0 Å². The molecule has 0 aliphatic carbocycles. The Morgan fingerprint density at radius 2 is 2.18 bits per heavy atom. The molecule has 0 saturated carbocycles. The first kappa shape index (κ1) is 12.4. The molecule has 0 aromatic heterocycles. The zero-order chi connectivity index (χ0) is 12.6. The van der Waals surface area contributed by atoms with E-state index in [0.29, 0.717) is 18.9 Å². The second-order valence-electron chi connectivity index (χ2n) is 5.63. The molecule has 4 N–H and O–H groups in total. The number of carbonyl (C=O) groups is 2. The molecule has 2 amide bonds. The highest BCUT2D eigenvalue weighted by atomic mass is 16.2. The molecule has 0 unspecified atom stereocenters. The van der Waals surface area contributed by atoms with Crippen LogP contribution in [0, 0.1) is 5.92 Å². The summed E-state index contributed by atoms with van der Waals surface area (Å²) in [5, 5.41) is 2.86. The number of nitrogens with zero attached hydrogens (tertiary/aromatic N) is 1. The summed E-state index contributed by atoms with van der Waals surface area (Å²) in [4.78, 5) is 26.0. The van der Waals surface area contributed by atoms with Gasteiger partial charge in [0.2, 0.25) is 11.8 Å². The predicted molar refractivity (Wildman–Crippen MR) is 62.8 cm³/mol. The van der Waals surface area contributed by atoms with E-state index in [1.807, 2.05) is 0 Å². The summed E-state index contributed by atoms with van der Waals surface area (Å²) >= 11 is 0. The molecule has 2 saturated heterocycles. The fourth-order valence-corrected chi connectivity index (χ4v) is 2.71. The summed E-state index contributed by atoms with van der Waals surface area (Å²) in [6, 6.07) is -0.307. The monoisotopic (exact) mass is 240 g/mol. The summed E-state index contributed by atoms with van der Waals surface area (Å²) < 4.78 is 0. The standard InChI is InChI=1S/C12H21N3O2/c1-7(2)5-9-12(17)15-4-3-8(13)6-10(15)11(16)14-9/h7-10H,3-6,13H2,1-2H3,(H,14,16)/p+1/t8-,9+,10-/m0/s1. The minimum absolute atomic E-state index is 0.00333. The van der Waals surface area contributed by atoms with E-state index >= 15 is 0 Å². The Labute approximate surface area is 102 Å². The Bertz CT molecular complexity index is 330. The van der Waals surface area contributed by atoms with Gasteiger partial charge >= 0.3 is 0 Å². The summed E-state index contributed by atoms with van der Waals surface area (Å²) in [5.74, 6) is 0.505. The third-order valence-electron chi connectivity index (χ3n) is 3.62. The predicted octanol–water partition coefficient (Wildman–Crippen LogP) is -0.868. The van der Waals surface area contributed by atoms with Gasteiger partial charge in [-0.2, -0.15) is 0 Å². The molecule has 0 radical (unpaired) electrons. The van der Waals surface area contributed by atoms with E-state index in [1.54, 1.807) is 4.90 Å². The molecule has 3 atom stereocenters. The Hall–Kier alpha value is -1.10. The van der Waals surface area contributed by atoms with Crippen molar-refractivity contribution in [3.05, 3.63) is 0 Å². The summed E-state index contributed by atoms with van der Waals surface area (Å²) in [5.41, 5.74) is 4.00. The lowest BCUT2D eigenvalue weighted by Crippen LogP contribution is -2.72. The van der Waals surface area contributed by atoms with Gasteiger partial charge in [0.05, 0.1) is 6.04 Å². The third-order valence-corrected chi connectivity index (χ3v) is 3.62. The van der Waals surface area contributed by atoms with Gasteiger partial charge in [-0.15, -0.1) is 0 Å². The highest BCUT2D eigenvalue weighted by Crippen LogP contribution is 2.22. The van der Waals surface area contributed by atoms with E-state index in [0.717, 1.165) is 12.8 Å². The van der Waals surface area contributed by atoms with E-state index < -0.39 is 0 Å². The van der Waals surface area contributed by atoms with Gasteiger partial charge in [-0.05, 0) is 12.3 Å². The van der Waals surface area contributed by atoms with Gasteiger partial charge in [-0.1, -0.05) is 13.8 Å². The van der Waals surface area contributed by atoms with Gasteiger partial charge in [0.25, 0.3) is 0 Å². The first-order chi connectivity index (χ1) is 7.99. The van der Waals surface area contributed by atoms with Crippen molar-refractivity contribution in [1.82, 2.24) is 10.2 Å². The lowest BCUT2D eigenvalue weighted by molar-refractivity contribution is -0.427. The molecule has 0 aromatic carbocycles. The average Bonchev–Trinajstić information content (AvgIpc) is 2.25. The molecule has 2 rings (SSSR count). The summed E-state index contributed by atoms with van der Waals surface area (Å²) in [6.07, 6.45) is 2.33. The van der Waals surface area contributed by atoms with Gasteiger partial charge in [-0.3, -0.25) is 9.59 Å². The maximum Gasteiger partial charge on any atom is 0.245 e. The molecular weight excluding hydrogens is 218 g/mol. The lowest BCUT2D eigenvalue weighted by atomic mass is 9.91. The molecule has 0 spiro atoms. The SMILES string of the molecule is CC(C)C[C@H]1NC(=O)[C@@H]2C[C@@H]([NH3+])CCN2C1=O. The quantitative estimate of drug-likeness (QED) is 0.658. The van der Waals surface area contributed by atoms with Crippen LogP contribution >= 0.6 is 0 Å². The largest absolute Gasteiger partial charge is 0.355 e. The lowest BCUT2D eigenvalue weighted by Gasteiger charge is -2.42. The molecule has 17 heavy (non-hydrogen) atoms. The van der Waals surface area contributed by atoms with Crippen LogP contribution in [0.1, 0.15) is 33.1 Å². The summed E-state index contributed by atoms with van der Waals surface area (Å²) in [7, 11) is 0. The number of hydrogen-bond donors (Lipinski definition) is 2. The summed E-state index contributed by atoms with van der Waals surface area (Å²) in [6.45, 7) is 4.81. The minimum Gasteiger partial charge on any atom is -0.355 e. The van der Waals surface area contributed by atoms with Crippen LogP contribution in [-0.4, -0.2) is 41.4 Å². The fourth-order valence-electron chi connectivity index (χ4n) is 2.71. The molecule has 2 fully saturated rings. The van der Waals surface area contributed by atoms with E-state index in [4.69, 9.17) is 0 Å². The molecule has 2 aliphatic rings. The molecule has 0 aromatic rings. The number of amides is 2. The first-order valence-electron chi connectivity index (χ1n) is 6.43. The maximum absolute atomic E-state index is 12.2. The number of rotatable bonds is 2. The van der Waals surface area contributed by atoms with Crippen LogP contribution in [0.2, 0.25) is 0 Å². The van der Waals surface area contributed by atoms with Crippen LogP contribution in [-0.2, 0) is 9.59 Å². The first-order valence-corrected chi connectivity index (χ1v) is 6.43. The van der Waals surface area contributed by atoms with Crippen LogP contribution in [0.5, 0.6) is 0 Å². The number of carbonyl (C=O) groups excluding carboxylic acids is 2. The van der Waals surface area contributed by atoms with Crippen molar-refractivity contribution in [2.24, 2.45) is 5.92 Å². The van der Waals surface area contributed by atoms with Crippen molar-refractivity contribution in [3.63, 3.8) is 0 Å². The second kappa shape index (κ2) is 4.64. The Balaban J connectivity index is 2.10. The highest BCUT2D eigenvalue weighted by molar-refractivity contribution is 5.97. The van der Waals surface area contributed by atoms with Crippen molar-refractivity contribution in [2.45, 2.75) is 51.2 Å². The zero-order valence-electron chi connectivity index (χ0n) is 10.6. The number of fused-ring (bicyclic) bond motifs is 1. The topological polar surface area (TPSA) is 77.1 Å². The number of hydrogen-bond acceptors (Lipinski definition) is 2. The van der Waals surface area contributed by atoms with Gasteiger partial charge in [0.15, 0.2) is 0 Å². The van der Waals surface area contributed by atoms with Gasteiger partial charge < -0.3 is 16.0 Å². The van der Waals surface area contributed by atoms with E-state index in [-0.39, 0.29) is 29.9 Å². The number of nitrogens with one attached hydrogen (secondary N) is 1. The van der Waals surface area contributed by atoms with Crippen molar-refractivity contribution in [1.29, 1.82) is 0 Å². The van der Waals surface area contributed by atoms with E-state index in [2.05, 4.69) is 24.9 Å². The Morgan fingerprint density at radius 1 is 1.47 bits per heavy atom. The Morgan fingerprint density at radius 3 is 2.82 bits per heavy atom. The van der Waals surface area contributed by atoms with Crippen molar-refractivity contribution in [3.8, 4) is 0 Å². The van der Waals surface area contributed by atoms with Gasteiger partial charge in [-0.25, -0.2) is 0 Å². The number of quaternary nitrogens is 1. The molecular formula is C12H22N3O2+. The van der Waals surface area contributed by atoms with Crippen molar-refractivity contribution in [2.75, 3.05) is 6.54 Å². The molecule has 5 heteroatoms. The average molecular weight is 240 g/mol.